The van der Waals surface area contributed by atoms with Crippen LogP contribution in [0.5, 0.6) is 0 Å². The van der Waals surface area contributed by atoms with E-state index in [4.69, 9.17) is 0 Å². The topological polar surface area (TPSA) is 17.0 Å². The zero-order chi connectivity index (χ0) is 8.67. The summed E-state index contributed by atoms with van der Waals surface area (Å²) in [7, 11) is 0. The Morgan fingerprint density at radius 2 is 2.31 bits per heavy atom. The molecule has 0 fully saturated rings. The van der Waals surface area contributed by atoms with E-state index in [1.807, 2.05) is 11.3 Å². The number of hydrogen-bond donors (Lipinski definition) is 1. The molecule has 0 radical (unpaired) electrons. The second-order valence-electron chi connectivity index (χ2n) is 3.22. The van der Waals surface area contributed by atoms with Crippen molar-refractivity contribution < 1.29 is 0 Å². The highest BCUT2D eigenvalue weighted by Crippen LogP contribution is 2.25. The van der Waals surface area contributed by atoms with E-state index in [1.54, 1.807) is 0 Å². The first kappa shape index (κ1) is 7.35. The van der Waals surface area contributed by atoms with E-state index < -0.39 is 0 Å². The molecule has 0 unspecified atom stereocenters. The maximum atomic E-state index is 3.42. The van der Waals surface area contributed by atoms with Crippen molar-refractivity contribution >= 4 is 11.3 Å². The molecule has 1 aliphatic rings. The average Bonchev–Trinajstić information content (AvgIpc) is 2.72. The Morgan fingerprint density at radius 3 is 3.31 bits per heavy atom. The van der Waals surface area contributed by atoms with E-state index in [-0.39, 0.29) is 0 Å². The Labute approximate surface area is 80.8 Å². The lowest BCUT2D eigenvalue weighted by Crippen LogP contribution is -2.10. The molecule has 13 heavy (non-hydrogen) atoms. The van der Waals surface area contributed by atoms with Gasteiger partial charge in [0.2, 0.25) is 0 Å². The fourth-order valence-corrected chi connectivity index (χ4v) is 2.70. The number of thiophene rings is 1. The molecule has 2 nitrogen and oxygen atoms in total. The number of hydrogen-bond acceptors (Lipinski definition) is 2. The smallest absolute Gasteiger partial charge is 0.104 e. The summed E-state index contributed by atoms with van der Waals surface area (Å²) in [6.07, 6.45) is 2.14. The van der Waals surface area contributed by atoms with Crippen LogP contribution in [0.4, 0.5) is 0 Å². The van der Waals surface area contributed by atoms with Crippen LogP contribution in [0.3, 0.4) is 0 Å². The van der Waals surface area contributed by atoms with Gasteiger partial charge in [0.1, 0.15) is 5.00 Å². The van der Waals surface area contributed by atoms with Gasteiger partial charge in [0.25, 0.3) is 0 Å². The quantitative estimate of drug-likeness (QED) is 0.673. The summed E-state index contributed by atoms with van der Waals surface area (Å²) < 4.78 is 2.28. The fourth-order valence-electron chi connectivity index (χ4n) is 1.76. The van der Waals surface area contributed by atoms with Gasteiger partial charge in [-0.2, -0.15) is 0 Å². The first-order chi connectivity index (χ1) is 6.45. The van der Waals surface area contributed by atoms with Gasteiger partial charge in [-0.3, -0.25) is 0 Å². The maximum absolute atomic E-state index is 3.42. The van der Waals surface area contributed by atoms with Gasteiger partial charge >= 0.3 is 0 Å². The summed E-state index contributed by atoms with van der Waals surface area (Å²) in [6.45, 7) is 1.95. The first-order valence-electron chi connectivity index (χ1n) is 4.39. The molecule has 3 heteroatoms. The molecule has 1 N–H and O–H groups in total. The van der Waals surface area contributed by atoms with Gasteiger partial charge in [0.05, 0.1) is 0 Å². The lowest BCUT2D eigenvalue weighted by molar-refractivity contribution is 0.693. The first-order valence-corrected chi connectivity index (χ1v) is 5.27. The number of nitrogens with one attached hydrogen (secondary N) is 1. The van der Waals surface area contributed by atoms with Gasteiger partial charge in [-0.25, -0.2) is 0 Å². The number of nitrogens with zero attached hydrogens (tertiary/aromatic N) is 1. The Bertz CT molecular complexity index is 387. The molecule has 0 saturated carbocycles. The van der Waals surface area contributed by atoms with Gasteiger partial charge in [0.15, 0.2) is 0 Å². The molecular formula is C10H10N2S. The summed E-state index contributed by atoms with van der Waals surface area (Å²) in [5.41, 5.74) is 2.75. The van der Waals surface area contributed by atoms with E-state index in [1.165, 1.54) is 16.3 Å². The zero-order valence-corrected chi connectivity index (χ0v) is 7.97. The zero-order valence-electron chi connectivity index (χ0n) is 7.16. The van der Waals surface area contributed by atoms with Gasteiger partial charge < -0.3 is 9.88 Å². The normalized spacial score (nSPS) is 14.8. The van der Waals surface area contributed by atoms with Crippen molar-refractivity contribution in [1.29, 1.82) is 0 Å². The average molecular weight is 190 g/mol. The van der Waals surface area contributed by atoms with Crippen molar-refractivity contribution in [2.24, 2.45) is 0 Å². The summed E-state index contributed by atoms with van der Waals surface area (Å²) in [6, 6.07) is 6.47. The van der Waals surface area contributed by atoms with Crippen LogP contribution in [0.15, 0.2) is 29.8 Å². The number of fused-ring (bicyclic) bond motifs is 3. The SMILES string of the molecule is c1cc2n(c1)-c1sccc1CNC2. The molecule has 0 spiro atoms. The molecule has 2 aromatic rings. The molecule has 1 aliphatic heterocycles. The van der Waals surface area contributed by atoms with E-state index in [0.717, 1.165) is 13.1 Å². The standard InChI is InChI=1S/C10H10N2S/c1-2-9-7-11-6-8-3-5-13-10(8)12(9)4-1/h1-5,11H,6-7H2. The van der Waals surface area contributed by atoms with Gasteiger partial charge in [-0.1, -0.05) is 0 Å². The summed E-state index contributed by atoms with van der Waals surface area (Å²) >= 11 is 1.81. The van der Waals surface area contributed by atoms with Crippen LogP contribution in [0.25, 0.3) is 5.00 Å². The summed E-state index contributed by atoms with van der Waals surface area (Å²) in [5.74, 6) is 0. The van der Waals surface area contributed by atoms with Crippen molar-refractivity contribution in [2.45, 2.75) is 13.1 Å². The molecule has 66 valence electrons. The minimum Gasteiger partial charge on any atom is -0.311 e. The number of aromatic nitrogens is 1. The van der Waals surface area contributed by atoms with Crippen molar-refractivity contribution in [2.75, 3.05) is 0 Å². The predicted octanol–water partition coefficient (Wildman–Crippen LogP) is 2.14. The summed E-state index contributed by atoms with van der Waals surface area (Å²) in [4.78, 5) is 0. The van der Waals surface area contributed by atoms with Crippen LogP contribution in [-0.2, 0) is 13.1 Å². The maximum Gasteiger partial charge on any atom is 0.104 e. The van der Waals surface area contributed by atoms with Crippen molar-refractivity contribution in [3.63, 3.8) is 0 Å². The highest BCUT2D eigenvalue weighted by molar-refractivity contribution is 7.12. The highest BCUT2D eigenvalue weighted by Gasteiger charge is 2.12. The molecule has 0 aliphatic carbocycles. The largest absolute Gasteiger partial charge is 0.311 e. The van der Waals surface area contributed by atoms with Crippen molar-refractivity contribution in [3.8, 4) is 5.00 Å². The molecular weight excluding hydrogens is 180 g/mol. The van der Waals surface area contributed by atoms with Gasteiger partial charge in [-0.15, -0.1) is 11.3 Å². The second kappa shape index (κ2) is 2.72. The predicted molar refractivity (Wildman–Crippen MR) is 54.2 cm³/mol. The minimum absolute atomic E-state index is 0.967. The van der Waals surface area contributed by atoms with Gasteiger partial charge in [-0.05, 0) is 23.6 Å². The lowest BCUT2D eigenvalue weighted by Gasteiger charge is -2.02. The van der Waals surface area contributed by atoms with Crippen LogP contribution in [0.1, 0.15) is 11.3 Å². The summed E-state index contributed by atoms with van der Waals surface area (Å²) in [5, 5.41) is 6.94. The van der Waals surface area contributed by atoms with Gasteiger partial charge in [0, 0.05) is 30.5 Å². The third-order valence-corrected chi connectivity index (χ3v) is 3.35. The van der Waals surface area contributed by atoms with E-state index >= 15 is 0 Å². The lowest BCUT2D eigenvalue weighted by atomic mass is 10.3. The Morgan fingerprint density at radius 1 is 1.31 bits per heavy atom. The molecule has 0 saturated heterocycles. The molecule has 0 atom stereocenters. The van der Waals surface area contributed by atoms with E-state index in [9.17, 15) is 0 Å². The van der Waals surface area contributed by atoms with Crippen LogP contribution >= 0.6 is 11.3 Å². The van der Waals surface area contributed by atoms with Crippen molar-refractivity contribution in [3.05, 3.63) is 41.0 Å². The van der Waals surface area contributed by atoms with Crippen LogP contribution in [0.2, 0.25) is 0 Å². The number of rotatable bonds is 0. The monoisotopic (exact) mass is 190 g/mol. The molecule has 0 amide bonds. The Balaban J connectivity index is 2.27. The molecule has 0 aromatic carbocycles. The fraction of sp³-hybridized carbons (Fsp3) is 0.200. The molecule has 0 bridgehead atoms. The Kier molecular flexibility index (Phi) is 1.54. The minimum atomic E-state index is 0.967. The molecule has 3 rings (SSSR count). The van der Waals surface area contributed by atoms with E-state index in [2.05, 4.69) is 39.7 Å². The van der Waals surface area contributed by atoms with Crippen LogP contribution < -0.4 is 5.32 Å². The van der Waals surface area contributed by atoms with Crippen LogP contribution in [-0.4, -0.2) is 4.57 Å². The molecule has 3 heterocycles. The molecule has 2 aromatic heterocycles. The van der Waals surface area contributed by atoms with Crippen LogP contribution in [0, 0.1) is 0 Å². The van der Waals surface area contributed by atoms with Crippen molar-refractivity contribution in [1.82, 2.24) is 9.88 Å². The highest BCUT2D eigenvalue weighted by atomic mass is 32.1. The third-order valence-electron chi connectivity index (χ3n) is 2.40. The van der Waals surface area contributed by atoms with E-state index in [0.29, 0.717) is 0 Å². The second-order valence-corrected chi connectivity index (χ2v) is 4.12. The third kappa shape index (κ3) is 1.04. The Hall–Kier alpha value is -1.06.